The molecular weight excluding hydrogens is 342 g/mol. The summed E-state index contributed by atoms with van der Waals surface area (Å²) in [6.07, 6.45) is 1.83. The molecule has 0 radical (unpaired) electrons. The highest BCUT2D eigenvalue weighted by Crippen LogP contribution is 2.15. The zero-order chi connectivity index (χ0) is 18.6. The number of nitrogens with zero attached hydrogens (tertiary/aromatic N) is 2. The fourth-order valence-corrected chi connectivity index (χ4v) is 3.66. The van der Waals surface area contributed by atoms with E-state index in [9.17, 15) is 9.59 Å². The smallest absolute Gasteiger partial charge is 0.408 e. The van der Waals surface area contributed by atoms with E-state index in [4.69, 9.17) is 4.42 Å². The van der Waals surface area contributed by atoms with Crippen molar-refractivity contribution in [3.63, 3.8) is 0 Å². The van der Waals surface area contributed by atoms with E-state index in [1.54, 1.807) is 18.2 Å². The number of piperidine rings is 1. The second-order valence-corrected chi connectivity index (χ2v) is 7.03. The third-order valence-corrected chi connectivity index (χ3v) is 5.08. The van der Waals surface area contributed by atoms with Gasteiger partial charge >= 0.3 is 5.76 Å². The molecule has 2 aromatic carbocycles. The van der Waals surface area contributed by atoms with Gasteiger partial charge in [-0.3, -0.25) is 14.3 Å². The van der Waals surface area contributed by atoms with Crippen LogP contribution < -0.4 is 11.1 Å². The van der Waals surface area contributed by atoms with Crippen molar-refractivity contribution in [3.8, 4) is 0 Å². The SMILES string of the molecule is O=C(Cn1c(=O)oc2ccccc21)NC1CCN(Cc2ccccc2)CC1. The summed E-state index contributed by atoms with van der Waals surface area (Å²) in [5.74, 6) is -0.644. The van der Waals surface area contributed by atoms with Gasteiger partial charge in [0.05, 0.1) is 5.52 Å². The molecule has 0 spiro atoms. The number of carbonyl (C=O) groups excluding carboxylic acids is 1. The van der Waals surface area contributed by atoms with Crippen molar-refractivity contribution in [3.05, 3.63) is 70.7 Å². The van der Waals surface area contributed by atoms with Gasteiger partial charge in [0.25, 0.3) is 0 Å². The van der Waals surface area contributed by atoms with Gasteiger partial charge in [0.15, 0.2) is 5.58 Å². The molecule has 0 aliphatic carbocycles. The normalized spacial score (nSPS) is 15.9. The Morgan fingerprint density at radius 2 is 1.74 bits per heavy atom. The number of para-hydroxylation sites is 2. The zero-order valence-corrected chi connectivity index (χ0v) is 15.1. The number of nitrogens with one attached hydrogen (secondary N) is 1. The summed E-state index contributed by atoms with van der Waals surface area (Å²) in [4.78, 5) is 26.8. The number of amides is 1. The van der Waals surface area contributed by atoms with Crippen molar-refractivity contribution in [2.24, 2.45) is 0 Å². The minimum atomic E-state index is -0.496. The Labute approximate surface area is 157 Å². The van der Waals surface area contributed by atoms with Crippen molar-refractivity contribution in [2.45, 2.75) is 32.0 Å². The number of hydrogen-bond donors (Lipinski definition) is 1. The van der Waals surface area contributed by atoms with E-state index in [0.29, 0.717) is 11.1 Å². The number of fused-ring (bicyclic) bond motifs is 1. The predicted octanol–water partition coefficient (Wildman–Crippen LogP) is 2.38. The Morgan fingerprint density at radius 1 is 1.04 bits per heavy atom. The van der Waals surface area contributed by atoms with Crippen LogP contribution in [0.1, 0.15) is 18.4 Å². The summed E-state index contributed by atoms with van der Waals surface area (Å²) >= 11 is 0. The third kappa shape index (κ3) is 4.11. The van der Waals surface area contributed by atoms with Crippen molar-refractivity contribution in [2.75, 3.05) is 13.1 Å². The number of carbonyl (C=O) groups is 1. The quantitative estimate of drug-likeness (QED) is 0.754. The van der Waals surface area contributed by atoms with Crippen LogP contribution in [0.5, 0.6) is 0 Å². The lowest BCUT2D eigenvalue weighted by atomic mass is 10.0. The Hall–Kier alpha value is -2.86. The topological polar surface area (TPSA) is 67.5 Å². The number of rotatable bonds is 5. The molecule has 140 valence electrons. The first-order chi connectivity index (χ1) is 13.2. The largest absolute Gasteiger partial charge is 0.420 e. The van der Waals surface area contributed by atoms with Gasteiger partial charge in [-0.25, -0.2) is 4.79 Å². The lowest BCUT2D eigenvalue weighted by molar-refractivity contribution is -0.122. The first-order valence-corrected chi connectivity index (χ1v) is 9.33. The molecule has 4 rings (SSSR count). The van der Waals surface area contributed by atoms with Crippen LogP contribution in [0.2, 0.25) is 0 Å². The average Bonchev–Trinajstić information content (AvgIpc) is 2.99. The predicted molar refractivity (Wildman–Crippen MR) is 103 cm³/mol. The molecule has 27 heavy (non-hydrogen) atoms. The number of aromatic nitrogens is 1. The number of oxazole rings is 1. The summed E-state index contributed by atoms with van der Waals surface area (Å²) in [5.41, 5.74) is 2.46. The summed E-state index contributed by atoms with van der Waals surface area (Å²) in [6, 6.07) is 17.7. The molecule has 6 nitrogen and oxygen atoms in total. The second-order valence-electron chi connectivity index (χ2n) is 7.03. The highest BCUT2D eigenvalue weighted by atomic mass is 16.4. The first-order valence-electron chi connectivity index (χ1n) is 9.33. The maximum Gasteiger partial charge on any atom is 0.420 e. The van der Waals surface area contributed by atoms with Crippen LogP contribution in [0.3, 0.4) is 0 Å². The molecule has 2 heterocycles. The first kappa shape index (κ1) is 17.5. The van der Waals surface area contributed by atoms with E-state index in [2.05, 4.69) is 34.5 Å². The summed E-state index contributed by atoms with van der Waals surface area (Å²) in [6.45, 7) is 2.83. The molecule has 1 aliphatic rings. The molecule has 1 aliphatic heterocycles. The van der Waals surface area contributed by atoms with Gasteiger partial charge in [0.1, 0.15) is 6.54 Å². The fourth-order valence-electron chi connectivity index (χ4n) is 3.66. The van der Waals surface area contributed by atoms with Crippen LogP contribution in [0.4, 0.5) is 0 Å². The van der Waals surface area contributed by atoms with Gasteiger partial charge < -0.3 is 9.73 Å². The third-order valence-electron chi connectivity index (χ3n) is 5.08. The zero-order valence-electron chi connectivity index (χ0n) is 15.1. The average molecular weight is 365 g/mol. The van der Waals surface area contributed by atoms with E-state index in [-0.39, 0.29) is 18.5 Å². The molecule has 1 fully saturated rings. The number of hydrogen-bond acceptors (Lipinski definition) is 4. The van der Waals surface area contributed by atoms with E-state index in [1.165, 1.54) is 10.1 Å². The molecule has 0 saturated carbocycles. The van der Waals surface area contributed by atoms with E-state index in [1.807, 2.05) is 12.1 Å². The number of benzene rings is 2. The Kier molecular flexibility index (Phi) is 5.07. The van der Waals surface area contributed by atoms with Crippen molar-refractivity contribution >= 4 is 17.0 Å². The van der Waals surface area contributed by atoms with Crippen molar-refractivity contribution in [1.29, 1.82) is 0 Å². The van der Waals surface area contributed by atoms with Gasteiger partial charge in [-0.1, -0.05) is 42.5 Å². The lowest BCUT2D eigenvalue weighted by Crippen LogP contribution is -2.45. The van der Waals surface area contributed by atoms with Crippen molar-refractivity contribution in [1.82, 2.24) is 14.8 Å². The minimum Gasteiger partial charge on any atom is -0.408 e. The molecule has 0 unspecified atom stereocenters. The van der Waals surface area contributed by atoms with E-state index < -0.39 is 5.76 Å². The summed E-state index contributed by atoms with van der Waals surface area (Å²) in [5, 5.41) is 3.07. The monoisotopic (exact) mass is 365 g/mol. The Morgan fingerprint density at radius 3 is 2.52 bits per heavy atom. The van der Waals surface area contributed by atoms with Crippen LogP contribution in [0, 0.1) is 0 Å². The molecule has 3 aromatic rings. The highest BCUT2D eigenvalue weighted by molar-refractivity contribution is 5.79. The van der Waals surface area contributed by atoms with Crippen LogP contribution >= 0.6 is 0 Å². The van der Waals surface area contributed by atoms with E-state index >= 15 is 0 Å². The van der Waals surface area contributed by atoms with Crippen LogP contribution in [0.15, 0.2) is 63.8 Å². The Bertz CT molecular complexity index is 969. The molecule has 1 N–H and O–H groups in total. The van der Waals surface area contributed by atoms with Gasteiger partial charge in [-0.2, -0.15) is 0 Å². The molecule has 1 amide bonds. The van der Waals surface area contributed by atoms with Crippen molar-refractivity contribution < 1.29 is 9.21 Å². The lowest BCUT2D eigenvalue weighted by Gasteiger charge is -2.32. The van der Waals surface area contributed by atoms with Crippen LogP contribution in [-0.4, -0.2) is 34.5 Å². The maximum absolute atomic E-state index is 12.4. The molecule has 6 heteroatoms. The summed E-state index contributed by atoms with van der Waals surface area (Å²) < 4.78 is 6.57. The van der Waals surface area contributed by atoms with Gasteiger partial charge in [-0.15, -0.1) is 0 Å². The van der Waals surface area contributed by atoms with Crippen LogP contribution in [0.25, 0.3) is 11.1 Å². The molecule has 1 saturated heterocycles. The van der Waals surface area contributed by atoms with Gasteiger partial charge in [-0.05, 0) is 30.5 Å². The fraction of sp³-hybridized carbons (Fsp3) is 0.333. The van der Waals surface area contributed by atoms with Gasteiger partial charge in [0, 0.05) is 25.7 Å². The molecule has 0 bridgehead atoms. The van der Waals surface area contributed by atoms with Gasteiger partial charge in [0.2, 0.25) is 5.91 Å². The maximum atomic E-state index is 12.4. The second kappa shape index (κ2) is 7.80. The van der Waals surface area contributed by atoms with E-state index in [0.717, 1.165) is 32.5 Å². The highest BCUT2D eigenvalue weighted by Gasteiger charge is 2.21. The molecule has 1 aromatic heterocycles. The van der Waals surface area contributed by atoms with Crippen LogP contribution in [-0.2, 0) is 17.9 Å². The minimum absolute atomic E-state index is 0.0138. The molecule has 0 atom stereocenters. The summed E-state index contributed by atoms with van der Waals surface area (Å²) in [7, 11) is 0. The Balaban J connectivity index is 1.30. The number of likely N-dealkylation sites (tertiary alicyclic amines) is 1. The standard InChI is InChI=1S/C21H23N3O3/c25-20(15-24-18-8-4-5-9-19(18)27-21(24)26)22-17-10-12-23(13-11-17)14-16-6-2-1-3-7-16/h1-9,17H,10-15H2,(H,22,25). The molecular formula is C21H23N3O3.